The standard InChI is InChI=1S/C25H22ClFN2O4S.C24H25NO4S/c1-25(2,3)33-24(30)22-14-20(11-12-23(22)27)29(16-17-7-9-19(26)10-8-17)34(31,32)21-6-4-5-18(13-21)15-28;1-24(2,3)29-23(26)20-13-10-14-21(17-20)25(18-19-11-6-4-7-12-19)30(27,28)22-15-8-5-9-16-22/h4-14H,16H2,1-3H3;4-17H,18H2,1-3H3. The Bertz CT molecular complexity index is 2860. The van der Waals surface area contributed by atoms with Gasteiger partial charge < -0.3 is 9.47 Å². The van der Waals surface area contributed by atoms with Crippen LogP contribution in [0.25, 0.3) is 0 Å². The SMILES string of the molecule is CC(C)(C)OC(=O)c1cc(N(Cc2ccc(Cl)cc2)S(=O)(=O)c2cccc(C#N)c2)ccc1F.CC(C)(C)OC(=O)c1cccc(N(Cc2ccccc2)S(=O)(=O)c2ccccc2)c1. The van der Waals surface area contributed by atoms with E-state index in [2.05, 4.69) is 0 Å². The number of hydrogen-bond acceptors (Lipinski definition) is 9. The molecule has 15 heteroatoms. The summed E-state index contributed by atoms with van der Waals surface area (Å²) in [6, 6.07) is 41.6. The van der Waals surface area contributed by atoms with Gasteiger partial charge in [0.25, 0.3) is 20.0 Å². The van der Waals surface area contributed by atoms with E-state index in [1.165, 1.54) is 34.6 Å². The molecule has 64 heavy (non-hydrogen) atoms. The molecule has 0 bridgehead atoms. The van der Waals surface area contributed by atoms with Crippen LogP contribution in [0.4, 0.5) is 15.8 Å². The Hall–Kier alpha value is -6.53. The van der Waals surface area contributed by atoms with Gasteiger partial charge in [-0.1, -0.05) is 84.4 Å². The van der Waals surface area contributed by atoms with Crippen molar-refractivity contribution in [3.8, 4) is 6.07 Å². The summed E-state index contributed by atoms with van der Waals surface area (Å²) in [5, 5.41) is 9.68. The van der Waals surface area contributed by atoms with Crippen LogP contribution in [0.2, 0.25) is 5.02 Å². The number of nitriles is 1. The Balaban J connectivity index is 0.000000243. The molecule has 0 spiro atoms. The Labute approximate surface area is 379 Å². The van der Waals surface area contributed by atoms with Crippen LogP contribution in [-0.4, -0.2) is 40.0 Å². The van der Waals surface area contributed by atoms with Crippen LogP contribution in [-0.2, 0) is 42.6 Å². The normalized spacial score (nSPS) is 11.6. The molecule has 0 radical (unpaired) electrons. The largest absolute Gasteiger partial charge is 0.456 e. The molecule has 0 aliphatic heterocycles. The lowest BCUT2D eigenvalue weighted by Crippen LogP contribution is -2.31. The number of sulfonamides is 2. The molecular formula is C49H47ClFN3O8S2. The Morgan fingerprint density at radius 2 is 1.09 bits per heavy atom. The van der Waals surface area contributed by atoms with Gasteiger partial charge >= 0.3 is 11.9 Å². The molecule has 6 aromatic carbocycles. The van der Waals surface area contributed by atoms with Crippen molar-refractivity contribution in [2.24, 2.45) is 0 Å². The number of esters is 2. The number of rotatable bonds is 12. The Morgan fingerprint density at radius 1 is 0.594 bits per heavy atom. The van der Waals surface area contributed by atoms with Gasteiger partial charge in [0, 0.05) is 5.02 Å². The highest BCUT2D eigenvalue weighted by Crippen LogP contribution is 2.31. The summed E-state index contributed by atoms with van der Waals surface area (Å²) in [6.45, 7) is 10.3. The van der Waals surface area contributed by atoms with Crippen LogP contribution < -0.4 is 8.61 Å². The minimum Gasteiger partial charge on any atom is -0.456 e. The van der Waals surface area contributed by atoms with Crippen LogP contribution in [0.15, 0.2) is 161 Å². The van der Waals surface area contributed by atoms with E-state index < -0.39 is 54.6 Å². The van der Waals surface area contributed by atoms with E-state index in [9.17, 15) is 36.1 Å². The average Bonchev–Trinajstić information content (AvgIpc) is 3.25. The molecule has 0 N–H and O–H groups in total. The molecule has 0 atom stereocenters. The fraction of sp³-hybridized carbons (Fsp3) is 0.204. The molecule has 0 aliphatic rings. The number of benzene rings is 6. The fourth-order valence-electron chi connectivity index (χ4n) is 5.99. The maximum Gasteiger partial charge on any atom is 0.341 e. The van der Waals surface area contributed by atoms with Crippen molar-refractivity contribution >= 4 is 55.0 Å². The molecule has 0 aliphatic carbocycles. The fourth-order valence-corrected chi connectivity index (χ4v) is 9.07. The van der Waals surface area contributed by atoms with Gasteiger partial charge in [0.2, 0.25) is 0 Å². The zero-order valence-corrected chi connectivity index (χ0v) is 38.4. The highest BCUT2D eigenvalue weighted by Gasteiger charge is 2.30. The predicted molar refractivity (Wildman–Crippen MR) is 245 cm³/mol. The van der Waals surface area contributed by atoms with Crippen LogP contribution in [0, 0.1) is 17.1 Å². The minimum absolute atomic E-state index is 0.0552. The molecule has 0 fully saturated rings. The lowest BCUT2D eigenvalue weighted by molar-refractivity contribution is 0.00542. The van der Waals surface area contributed by atoms with E-state index in [0.717, 1.165) is 22.0 Å². The first kappa shape index (κ1) is 48.5. The first-order chi connectivity index (χ1) is 30.1. The van der Waals surface area contributed by atoms with Crippen molar-refractivity contribution in [2.75, 3.05) is 8.61 Å². The number of hydrogen-bond donors (Lipinski definition) is 0. The molecule has 6 aromatic rings. The van der Waals surface area contributed by atoms with Crippen molar-refractivity contribution < 1.29 is 40.3 Å². The minimum atomic E-state index is -4.21. The molecule has 0 saturated carbocycles. The molecule has 0 heterocycles. The van der Waals surface area contributed by atoms with Crippen LogP contribution >= 0.6 is 11.6 Å². The third kappa shape index (κ3) is 13.0. The van der Waals surface area contributed by atoms with Gasteiger partial charge in [0.1, 0.15) is 17.0 Å². The molecular weight excluding hydrogens is 877 g/mol. The van der Waals surface area contributed by atoms with Crippen molar-refractivity contribution in [3.63, 3.8) is 0 Å². The van der Waals surface area contributed by atoms with E-state index >= 15 is 0 Å². The van der Waals surface area contributed by atoms with E-state index in [0.29, 0.717) is 21.8 Å². The van der Waals surface area contributed by atoms with Gasteiger partial charge in [-0.15, -0.1) is 0 Å². The lowest BCUT2D eigenvalue weighted by atomic mass is 10.1. The number of halogens is 2. The number of nitrogens with zero attached hydrogens (tertiary/aromatic N) is 3. The van der Waals surface area contributed by atoms with E-state index in [1.807, 2.05) is 36.4 Å². The first-order valence-corrected chi connectivity index (χ1v) is 23.1. The summed E-state index contributed by atoms with van der Waals surface area (Å²) in [6.07, 6.45) is 0. The summed E-state index contributed by atoms with van der Waals surface area (Å²) >= 11 is 5.95. The summed E-state index contributed by atoms with van der Waals surface area (Å²) in [5.41, 5.74) is 0.441. The topological polar surface area (TPSA) is 151 Å². The van der Waals surface area contributed by atoms with Gasteiger partial charge in [-0.05, 0) is 132 Å². The average molecular weight is 925 g/mol. The van der Waals surface area contributed by atoms with Crippen LogP contribution in [0.3, 0.4) is 0 Å². The van der Waals surface area contributed by atoms with Crippen molar-refractivity contribution in [1.82, 2.24) is 0 Å². The second-order valence-corrected chi connectivity index (χ2v) is 20.5. The summed E-state index contributed by atoms with van der Waals surface area (Å²) in [7, 11) is -8.06. The zero-order valence-electron chi connectivity index (χ0n) is 36.0. The summed E-state index contributed by atoms with van der Waals surface area (Å²) in [5.74, 6) is -2.25. The van der Waals surface area contributed by atoms with Crippen molar-refractivity contribution in [2.45, 2.75) is 75.6 Å². The van der Waals surface area contributed by atoms with Gasteiger partial charge in [0.05, 0.1) is 57.0 Å². The predicted octanol–water partition coefficient (Wildman–Crippen LogP) is 10.7. The molecule has 0 saturated heterocycles. The maximum atomic E-state index is 14.5. The van der Waals surface area contributed by atoms with Gasteiger partial charge in [-0.3, -0.25) is 8.61 Å². The lowest BCUT2D eigenvalue weighted by Gasteiger charge is -2.26. The van der Waals surface area contributed by atoms with E-state index in [1.54, 1.807) is 120 Å². The number of carbonyl (C=O) groups excluding carboxylic acids is 2. The maximum absolute atomic E-state index is 14.5. The molecule has 0 amide bonds. The van der Waals surface area contributed by atoms with Gasteiger partial charge in [-0.25, -0.2) is 30.8 Å². The van der Waals surface area contributed by atoms with Crippen LogP contribution in [0.1, 0.15) is 78.9 Å². The molecule has 0 unspecified atom stereocenters. The highest BCUT2D eigenvalue weighted by molar-refractivity contribution is 7.93. The monoisotopic (exact) mass is 923 g/mol. The Kier molecular flexibility index (Phi) is 15.4. The van der Waals surface area contributed by atoms with Crippen molar-refractivity contribution in [3.05, 3.63) is 190 Å². The van der Waals surface area contributed by atoms with Gasteiger partial charge in [-0.2, -0.15) is 5.26 Å². The van der Waals surface area contributed by atoms with Crippen molar-refractivity contribution in [1.29, 1.82) is 5.26 Å². The Morgan fingerprint density at radius 3 is 1.67 bits per heavy atom. The highest BCUT2D eigenvalue weighted by atomic mass is 35.5. The summed E-state index contributed by atoms with van der Waals surface area (Å²) < 4.78 is 81.8. The second kappa shape index (κ2) is 20.3. The third-order valence-electron chi connectivity index (χ3n) is 8.92. The smallest absolute Gasteiger partial charge is 0.341 e. The molecule has 6 rings (SSSR count). The second-order valence-electron chi connectivity index (χ2n) is 16.3. The molecule has 11 nitrogen and oxygen atoms in total. The first-order valence-electron chi connectivity index (χ1n) is 19.8. The summed E-state index contributed by atoms with van der Waals surface area (Å²) in [4.78, 5) is 25.2. The van der Waals surface area contributed by atoms with E-state index in [4.69, 9.17) is 21.1 Å². The third-order valence-corrected chi connectivity index (χ3v) is 12.7. The number of carbonyl (C=O) groups is 2. The van der Waals surface area contributed by atoms with Gasteiger partial charge in [0.15, 0.2) is 0 Å². The quantitative estimate of drug-likeness (QED) is 0.109. The molecule has 0 aromatic heterocycles. The van der Waals surface area contributed by atoms with E-state index in [-0.39, 0.29) is 34.1 Å². The zero-order chi connectivity index (χ0) is 46.9. The number of ether oxygens (including phenoxy) is 2. The van der Waals surface area contributed by atoms with Crippen LogP contribution in [0.5, 0.6) is 0 Å². The number of anilines is 2. The molecule has 332 valence electrons.